The molecule has 0 radical (unpaired) electrons. The molecule has 4 heterocycles. The summed E-state index contributed by atoms with van der Waals surface area (Å²) in [4.78, 5) is 13.8. The Morgan fingerprint density at radius 1 is 1.08 bits per heavy atom. The molecule has 11 heteroatoms. The SMILES string of the molecule is CC(Cc1nc2c3ccc4c(c3nc(N)n2n1)OC(F)(F)O4)C(C)C1CCc2nc(C3CC3)oc2CC1. The van der Waals surface area contributed by atoms with Gasteiger partial charge in [0.05, 0.1) is 5.69 Å². The Balaban J connectivity index is 1.10. The third-order valence-electron chi connectivity index (χ3n) is 8.24. The van der Waals surface area contributed by atoms with Gasteiger partial charge in [-0.05, 0) is 62.0 Å². The number of rotatable bonds is 5. The minimum Gasteiger partial charge on any atom is -0.445 e. The summed E-state index contributed by atoms with van der Waals surface area (Å²) >= 11 is 0. The number of anilines is 1. The summed E-state index contributed by atoms with van der Waals surface area (Å²) in [7, 11) is 0. The molecule has 37 heavy (non-hydrogen) atoms. The fourth-order valence-corrected chi connectivity index (χ4v) is 5.77. The topological polar surface area (TPSA) is 114 Å². The summed E-state index contributed by atoms with van der Waals surface area (Å²) in [5, 5.41) is 5.12. The van der Waals surface area contributed by atoms with E-state index in [-0.39, 0.29) is 23.0 Å². The quantitative estimate of drug-likeness (QED) is 0.371. The highest BCUT2D eigenvalue weighted by molar-refractivity contribution is 5.97. The first-order valence-electron chi connectivity index (χ1n) is 13.0. The van der Waals surface area contributed by atoms with E-state index in [1.54, 1.807) is 6.07 Å². The van der Waals surface area contributed by atoms with Gasteiger partial charge in [0, 0.05) is 24.1 Å². The van der Waals surface area contributed by atoms with E-state index < -0.39 is 6.29 Å². The van der Waals surface area contributed by atoms with E-state index in [2.05, 4.69) is 33.4 Å². The minimum atomic E-state index is -3.74. The van der Waals surface area contributed by atoms with E-state index in [4.69, 9.17) is 20.1 Å². The van der Waals surface area contributed by atoms with Crippen LogP contribution in [0, 0.1) is 17.8 Å². The Morgan fingerprint density at radius 3 is 2.70 bits per heavy atom. The molecule has 7 rings (SSSR count). The van der Waals surface area contributed by atoms with Gasteiger partial charge in [-0.15, -0.1) is 13.9 Å². The van der Waals surface area contributed by atoms with Gasteiger partial charge in [-0.1, -0.05) is 13.8 Å². The van der Waals surface area contributed by atoms with E-state index in [0.717, 1.165) is 43.0 Å². The number of aryl methyl sites for hydroxylation is 2. The third-order valence-corrected chi connectivity index (χ3v) is 8.24. The van der Waals surface area contributed by atoms with E-state index in [0.29, 0.717) is 47.0 Å². The molecule has 0 spiro atoms. The van der Waals surface area contributed by atoms with Gasteiger partial charge in [-0.25, -0.2) is 15.0 Å². The maximum Gasteiger partial charge on any atom is 0.586 e. The fourth-order valence-electron chi connectivity index (χ4n) is 5.77. The number of alkyl halides is 2. The second-order valence-electron chi connectivity index (χ2n) is 10.8. The number of hydrogen-bond acceptors (Lipinski definition) is 8. The van der Waals surface area contributed by atoms with Crippen LogP contribution in [0.5, 0.6) is 11.5 Å². The molecule has 3 aromatic heterocycles. The van der Waals surface area contributed by atoms with Gasteiger partial charge in [0.25, 0.3) is 0 Å². The Bertz CT molecular complexity index is 1500. The van der Waals surface area contributed by atoms with Crippen LogP contribution in [-0.2, 0) is 19.3 Å². The summed E-state index contributed by atoms with van der Waals surface area (Å²) in [5.74, 6) is 4.35. The number of benzene rings is 1. The molecule has 3 unspecified atom stereocenters. The highest BCUT2D eigenvalue weighted by atomic mass is 19.3. The first-order valence-corrected chi connectivity index (χ1v) is 13.0. The van der Waals surface area contributed by atoms with Crippen molar-refractivity contribution in [1.29, 1.82) is 0 Å². The van der Waals surface area contributed by atoms with Crippen LogP contribution in [-0.4, -0.2) is 30.9 Å². The number of nitrogen functional groups attached to an aromatic ring is 1. The largest absolute Gasteiger partial charge is 0.586 e. The molecule has 0 amide bonds. The Kier molecular flexibility index (Phi) is 4.90. The zero-order chi connectivity index (χ0) is 25.5. The third kappa shape index (κ3) is 3.86. The molecule has 2 aliphatic carbocycles. The summed E-state index contributed by atoms with van der Waals surface area (Å²) in [6, 6.07) is 3.05. The Hall–Kier alpha value is -3.50. The number of ether oxygens (including phenoxy) is 2. The molecule has 9 nitrogen and oxygen atoms in total. The van der Waals surface area contributed by atoms with Gasteiger partial charge >= 0.3 is 6.29 Å². The molecule has 2 N–H and O–H groups in total. The molecule has 4 aromatic rings. The van der Waals surface area contributed by atoms with Crippen molar-refractivity contribution in [1.82, 2.24) is 24.6 Å². The number of halogens is 2. The van der Waals surface area contributed by atoms with Crippen LogP contribution in [0.2, 0.25) is 0 Å². The van der Waals surface area contributed by atoms with Crippen molar-refractivity contribution >= 4 is 22.5 Å². The van der Waals surface area contributed by atoms with Gasteiger partial charge in [0.1, 0.15) is 11.3 Å². The van der Waals surface area contributed by atoms with E-state index in [9.17, 15) is 8.78 Å². The number of aromatic nitrogens is 5. The Morgan fingerprint density at radius 2 is 1.89 bits per heavy atom. The standard InChI is InChI=1S/C26H28F2N6O3/c1-12(13(2)14-5-8-17-18(9-6-14)35-24(30-17)15-3-4-15)11-20-31-23-16-7-10-19-22(37-26(27,28)36-19)21(16)32-25(29)34(23)33-20/h7,10,12-15H,3-6,8-9,11H2,1-2H3,(H2,29,32). The van der Waals surface area contributed by atoms with E-state index >= 15 is 0 Å². The van der Waals surface area contributed by atoms with Crippen LogP contribution < -0.4 is 15.2 Å². The predicted molar refractivity (Wildman–Crippen MR) is 130 cm³/mol. The van der Waals surface area contributed by atoms with Crippen molar-refractivity contribution in [3.05, 3.63) is 35.3 Å². The molecule has 1 saturated carbocycles. The maximum absolute atomic E-state index is 13.6. The molecular formula is C26H28F2N6O3. The highest BCUT2D eigenvalue weighted by Gasteiger charge is 2.45. The molecule has 194 valence electrons. The predicted octanol–water partition coefficient (Wildman–Crippen LogP) is 5.06. The fraction of sp³-hybridized carbons (Fsp3) is 0.538. The summed E-state index contributed by atoms with van der Waals surface area (Å²) < 4.78 is 44.1. The van der Waals surface area contributed by atoms with E-state index in [1.165, 1.54) is 23.4 Å². The van der Waals surface area contributed by atoms with Crippen molar-refractivity contribution in [2.75, 3.05) is 5.73 Å². The lowest BCUT2D eigenvalue weighted by Gasteiger charge is -2.27. The number of nitrogens with two attached hydrogens (primary N) is 1. The summed E-state index contributed by atoms with van der Waals surface area (Å²) in [6.07, 6.45) is 3.39. The van der Waals surface area contributed by atoms with Crippen LogP contribution in [0.4, 0.5) is 14.7 Å². The smallest absolute Gasteiger partial charge is 0.445 e. The molecule has 1 aromatic carbocycles. The van der Waals surface area contributed by atoms with Crippen LogP contribution in [0.25, 0.3) is 16.6 Å². The van der Waals surface area contributed by atoms with Crippen LogP contribution >= 0.6 is 0 Å². The van der Waals surface area contributed by atoms with Crippen LogP contribution in [0.3, 0.4) is 0 Å². The molecule has 3 aliphatic rings. The van der Waals surface area contributed by atoms with Crippen molar-refractivity contribution < 1.29 is 22.7 Å². The first kappa shape index (κ1) is 22.7. The molecule has 0 bridgehead atoms. The molecule has 1 aliphatic heterocycles. The van der Waals surface area contributed by atoms with Gasteiger partial charge in [0.2, 0.25) is 5.95 Å². The van der Waals surface area contributed by atoms with Crippen LogP contribution in [0.1, 0.15) is 68.6 Å². The van der Waals surface area contributed by atoms with Crippen molar-refractivity contribution in [3.8, 4) is 11.5 Å². The van der Waals surface area contributed by atoms with Crippen molar-refractivity contribution in [3.63, 3.8) is 0 Å². The molecule has 0 saturated heterocycles. The molecule has 1 fully saturated rings. The lowest BCUT2D eigenvalue weighted by Crippen LogP contribution is -2.26. The normalized spacial score (nSPS) is 22.2. The average Bonchev–Trinajstić information content (AvgIpc) is 3.43. The van der Waals surface area contributed by atoms with Gasteiger partial charge in [-0.2, -0.15) is 4.52 Å². The lowest BCUT2D eigenvalue weighted by molar-refractivity contribution is -0.286. The monoisotopic (exact) mass is 510 g/mol. The number of hydrogen-bond donors (Lipinski definition) is 1. The van der Waals surface area contributed by atoms with Gasteiger partial charge < -0.3 is 19.6 Å². The van der Waals surface area contributed by atoms with Crippen molar-refractivity contribution in [2.24, 2.45) is 17.8 Å². The number of nitrogens with zero attached hydrogens (tertiary/aromatic N) is 5. The zero-order valence-electron chi connectivity index (χ0n) is 20.7. The Labute approximate surface area is 211 Å². The molecule has 3 atom stereocenters. The second-order valence-corrected chi connectivity index (χ2v) is 10.8. The second kappa shape index (κ2) is 8.00. The summed E-state index contributed by atoms with van der Waals surface area (Å²) in [5.41, 5.74) is 7.92. The number of oxazole rings is 1. The average molecular weight is 511 g/mol. The van der Waals surface area contributed by atoms with E-state index in [1.807, 2.05) is 0 Å². The lowest BCUT2D eigenvalue weighted by atomic mass is 9.78. The highest BCUT2D eigenvalue weighted by Crippen LogP contribution is 2.46. The van der Waals surface area contributed by atoms with Crippen LogP contribution in [0.15, 0.2) is 16.5 Å². The summed E-state index contributed by atoms with van der Waals surface area (Å²) in [6.45, 7) is 4.52. The number of fused-ring (bicyclic) bond motifs is 6. The minimum absolute atomic E-state index is 0.0460. The molecular weight excluding hydrogens is 482 g/mol. The first-order chi connectivity index (χ1) is 17.8. The zero-order valence-corrected chi connectivity index (χ0v) is 20.7. The van der Waals surface area contributed by atoms with Gasteiger partial charge in [0.15, 0.2) is 28.9 Å². The van der Waals surface area contributed by atoms with Crippen molar-refractivity contribution in [2.45, 2.75) is 71.0 Å². The maximum atomic E-state index is 13.6. The van der Waals surface area contributed by atoms with Gasteiger partial charge in [-0.3, -0.25) is 0 Å².